The molecule has 0 unspecified atom stereocenters. The van der Waals surface area contributed by atoms with Crippen molar-refractivity contribution >= 4 is 40.6 Å². The highest BCUT2D eigenvalue weighted by atomic mass is 35.5. The Morgan fingerprint density at radius 2 is 1.90 bits per heavy atom. The Hall–Kier alpha value is -2.48. The number of carbonyl (C=O) groups is 2. The van der Waals surface area contributed by atoms with E-state index in [-0.39, 0.29) is 17.7 Å². The van der Waals surface area contributed by atoms with E-state index in [9.17, 15) is 9.59 Å². The summed E-state index contributed by atoms with van der Waals surface area (Å²) in [7, 11) is 1.53. The Morgan fingerprint density at radius 1 is 1.10 bits per heavy atom. The smallest absolute Gasteiger partial charge is 0.293 e. The Kier molecular flexibility index (Phi) is 7.79. The molecule has 6 nitrogen and oxygen atoms in total. The number of halogens is 1. The van der Waals surface area contributed by atoms with Crippen molar-refractivity contribution in [3.05, 3.63) is 63.5 Å². The quantitative estimate of drug-likeness (QED) is 0.504. The zero-order valence-electron chi connectivity index (χ0n) is 16.7. The maximum Gasteiger partial charge on any atom is 0.293 e. The summed E-state index contributed by atoms with van der Waals surface area (Å²) in [4.78, 5) is 26.1. The van der Waals surface area contributed by atoms with Crippen molar-refractivity contribution in [1.29, 1.82) is 0 Å². The predicted molar refractivity (Wildman–Crippen MR) is 118 cm³/mol. The van der Waals surface area contributed by atoms with Crippen molar-refractivity contribution in [1.82, 2.24) is 4.90 Å². The molecule has 2 aromatic rings. The van der Waals surface area contributed by atoms with Crippen LogP contribution in [0.4, 0.5) is 4.79 Å². The Morgan fingerprint density at radius 3 is 2.63 bits per heavy atom. The van der Waals surface area contributed by atoms with Gasteiger partial charge in [0, 0.05) is 17.7 Å². The minimum absolute atomic E-state index is 0.234. The van der Waals surface area contributed by atoms with E-state index in [1.807, 2.05) is 37.3 Å². The standard InChI is InChI=1S/C22H22ClNO5S/c1-3-28-19-12-15(13-20-21(25)24(10-11-27-2)22(26)30-20)8-9-18(19)29-14-16-6-4-5-7-17(16)23/h4-9,12-13H,3,10-11,14H2,1-2H3/b20-13+. The van der Waals surface area contributed by atoms with Crippen molar-refractivity contribution in [3.63, 3.8) is 0 Å². The average molecular weight is 448 g/mol. The third kappa shape index (κ3) is 5.36. The van der Waals surface area contributed by atoms with Crippen molar-refractivity contribution < 1.29 is 23.8 Å². The fourth-order valence-corrected chi connectivity index (χ4v) is 3.85. The third-order valence-corrected chi connectivity index (χ3v) is 5.58. The molecule has 30 heavy (non-hydrogen) atoms. The van der Waals surface area contributed by atoms with Gasteiger partial charge >= 0.3 is 0 Å². The lowest BCUT2D eigenvalue weighted by atomic mass is 10.1. The summed E-state index contributed by atoms with van der Waals surface area (Å²) < 4.78 is 16.6. The van der Waals surface area contributed by atoms with E-state index < -0.39 is 0 Å². The van der Waals surface area contributed by atoms with Crippen LogP contribution < -0.4 is 9.47 Å². The molecule has 0 bridgehead atoms. The van der Waals surface area contributed by atoms with Gasteiger partial charge in [0.15, 0.2) is 11.5 Å². The van der Waals surface area contributed by atoms with Gasteiger partial charge in [0.2, 0.25) is 0 Å². The van der Waals surface area contributed by atoms with Gasteiger partial charge in [-0.05, 0) is 48.5 Å². The number of benzene rings is 2. The predicted octanol–water partition coefficient (Wildman–Crippen LogP) is 5.00. The van der Waals surface area contributed by atoms with Gasteiger partial charge in [-0.3, -0.25) is 14.5 Å². The molecular weight excluding hydrogens is 426 g/mol. The highest BCUT2D eigenvalue weighted by Gasteiger charge is 2.34. The van der Waals surface area contributed by atoms with Gasteiger partial charge < -0.3 is 14.2 Å². The van der Waals surface area contributed by atoms with E-state index in [2.05, 4.69) is 0 Å². The van der Waals surface area contributed by atoms with Crippen LogP contribution in [0.1, 0.15) is 18.1 Å². The maximum absolute atomic E-state index is 12.5. The van der Waals surface area contributed by atoms with E-state index in [1.54, 1.807) is 18.2 Å². The minimum atomic E-state index is -0.320. The number of hydrogen-bond acceptors (Lipinski definition) is 6. The van der Waals surface area contributed by atoms with Gasteiger partial charge in [0.1, 0.15) is 6.61 Å². The van der Waals surface area contributed by atoms with E-state index in [1.165, 1.54) is 12.0 Å². The van der Waals surface area contributed by atoms with Gasteiger partial charge in [-0.25, -0.2) is 0 Å². The molecular formula is C22H22ClNO5S. The molecule has 1 heterocycles. The number of methoxy groups -OCH3 is 1. The highest BCUT2D eigenvalue weighted by Crippen LogP contribution is 2.35. The molecule has 1 saturated heterocycles. The van der Waals surface area contributed by atoms with Crippen molar-refractivity contribution in [2.24, 2.45) is 0 Å². The molecule has 8 heteroatoms. The first-order valence-corrected chi connectivity index (χ1v) is 10.6. The normalized spacial score (nSPS) is 15.2. The summed E-state index contributed by atoms with van der Waals surface area (Å²) in [6.45, 7) is 3.18. The first-order chi connectivity index (χ1) is 14.5. The second-order valence-corrected chi connectivity index (χ2v) is 7.75. The van der Waals surface area contributed by atoms with Crippen LogP contribution in [0.2, 0.25) is 5.02 Å². The van der Waals surface area contributed by atoms with Crippen molar-refractivity contribution in [3.8, 4) is 11.5 Å². The monoisotopic (exact) mass is 447 g/mol. The SMILES string of the molecule is CCOc1cc(/C=C2/SC(=O)N(CCOC)C2=O)ccc1OCc1ccccc1Cl. The van der Waals surface area contributed by atoms with Gasteiger partial charge in [0.25, 0.3) is 11.1 Å². The Bertz CT molecular complexity index is 962. The summed E-state index contributed by atoms with van der Waals surface area (Å²) >= 11 is 7.10. The Labute approximate surface area is 184 Å². The molecule has 0 radical (unpaired) electrons. The van der Waals surface area contributed by atoms with Crippen LogP contribution >= 0.6 is 23.4 Å². The Balaban J connectivity index is 1.78. The number of hydrogen-bond donors (Lipinski definition) is 0. The van der Waals surface area contributed by atoms with Crippen molar-refractivity contribution in [2.75, 3.05) is 26.9 Å². The molecule has 3 rings (SSSR count). The molecule has 0 saturated carbocycles. The van der Waals surface area contributed by atoms with Crippen LogP contribution in [0.5, 0.6) is 11.5 Å². The van der Waals surface area contributed by atoms with Gasteiger partial charge in [-0.1, -0.05) is 35.9 Å². The first kappa shape index (κ1) is 22.2. The van der Waals surface area contributed by atoms with Crippen molar-refractivity contribution in [2.45, 2.75) is 13.5 Å². The molecule has 0 atom stereocenters. The maximum atomic E-state index is 12.5. The molecule has 1 aliphatic heterocycles. The van der Waals surface area contributed by atoms with Gasteiger partial charge in [-0.15, -0.1) is 0 Å². The summed E-state index contributed by atoms with van der Waals surface area (Å²) in [6.07, 6.45) is 1.68. The van der Waals surface area contributed by atoms with Crippen LogP contribution in [0.25, 0.3) is 6.08 Å². The molecule has 0 aliphatic carbocycles. The van der Waals surface area contributed by atoms with Gasteiger partial charge in [-0.2, -0.15) is 0 Å². The van der Waals surface area contributed by atoms with Crippen LogP contribution in [0, 0.1) is 0 Å². The molecule has 0 N–H and O–H groups in total. The topological polar surface area (TPSA) is 65.1 Å². The molecule has 158 valence electrons. The number of rotatable bonds is 9. The zero-order valence-corrected chi connectivity index (χ0v) is 18.3. The van der Waals surface area contributed by atoms with Crippen LogP contribution in [-0.4, -0.2) is 42.9 Å². The molecule has 0 spiro atoms. The third-order valence-electron chi connectivity index (χ3n) is 4.30. The largest absolute Gasteiger partial charge is 0.490 e. The number of imide groups is 1. The lowest BCUT2D eigenvalue weighted by Crippen LogP contribution is -2.31. The molecule has 0 aromatic heterocycles. The fourth-order valence-electron chi connectivity index (χ4n) is 2.80. The molecule has 1 aliphatic rings. The number of ether oxygens (including phenoxy) is 3. The number of thioether (sulfide) groups is 1. The van der Waals surface area contributed by atoms with Gasteiger partial charge in [0.05, 0.1) is 24.7 Å². The summed E-state index contributed by atoms with van der Waals surface area (Å²) in [6, 6.07) is 12.9. The first-order valence-electron chi connectivity index (χ1n) is 9.40. The second kappa shape index (κ2) is 10.5. The second-order valence-electron chi connectivity index (χ2n) is 6.35. The highest BCUT2D eigenvalue weighted by molar-refractivity contribution is 8.18. The van der Waals surface area contributed by atoms with Crippen LogP contribution in [0.15, 0.2) is 47.4 Å². The summed E-state index contributed by atoms with van der Waals surface area (Å²) in [5.74, 6) is 0.804. The van der Waals surface area contributed by atoms with Crippen LogP contribution in [0.3, 0.4) is 0 Å². The van der Waals surface area contributed by atoms with E-state index >= 15 is 0 Å². The summed E-state index contributed by atoms with van der Waals surface area (Å²) in [5, 5.41) is 0.337. The molecule has 2 aromatic carbocycles. The zero-order chi connectivity index (χ0) is 21.5. The van der Waals surface area contributed by atoms with Crippen LogP contribution in [-0.2, 0) is 16.1 Å². The molecule has 1 fully saturated rings. The number of carbonyl (C=O) groups excluding carboxylic acids is 2. The number of amides is 2. The number of nitrogens with zero attached hydrogens (tertiary/aromatic N) is 1. The van der Waals surface area contributed by atoms with E-state index in [0.717, 1.165) is 22.9 Å². The average Bonchev–Trinajstić information content (AvgIpc) is 2.99. The van der Waals surface area contributed by atoms with E-state index in [0.29, 0.717) is 41.2 Å². The van der Waals surface area contributed by atoms with E-state index in [4.69, 9.17) is 25.8 Å². The lowest BCUT2D eigenvalue weighted by Gasteiger charge is -2.13. The summed E-state index contributed by atoms with van der Waals surface area (Å²) in [5.41, 5.74) is 1.61. The molecule has 2 amide bonds. The fraction of sp³-hybridized carbons (Fsp3) is 0.273. The lowest BCUT2D eigenvalue weighted by molar-refractivity contribution is -0.123. The minimum Gasteiger partial charge on any atom is -0.490 e.